The van der Waals surface area contributed by atoms with E-state index in [-0.39, 0.29) is 4.90 Å². The molecule has 4 rings (SSSR count). The summed E-state index contributed by atoms with van der Waals surface area (Å²) in [7, 11) is -2.30. The van der Waals surface area contributed by atoms with Gasteiger partial charge in [0.05, 0.1) is 13.2 Å². The number of fused-ring (bicyclic) bond motifs is 1. The van der Waals surface area contributed by atoms with E-state index in [0.717, 1.165) is 47.9 Å². The first-order valence-corrected chi connectivity index (χ1v) is 11.8. The van der Waals surface area contributed by atoms with Gasteiger partial charge in [0.1, 0.15) is 10.6 Å². The Morgan fingerprint density at radius 2 is 1.53 bits per heavy atom. The lowest BCUT2D eigenvalue weighted by Gasteiger charge is -2.24. The van der Waals surface area contributed by atoms with Crippen molar-refractivity contribution in [3.8, 4) is 5.75 Å². The molecule has 156 valence electrons. The standard InChI is InChI=1S/C25H27NO3S/c1-18-10-6-9-15-22(18)25(19-11-4-3-5-12-19)26-30(27,28)24-17-21-14-8-7-13-20(21)16-23(24)29-2/h3-6,9-12,15-17,25-26H,7-8,13-14H2,1-2H3. The third-order valence-corrected chi connectivity index (χ3v) is 7.27. The van der Waals surface area contributed by atoms with Crippen LogP contribution < -0.4 is 9.46 Å². The minimum Gasteiger partial charge on any atom is -0.495 e. The van der Waals surface area contributed by atoms with E-state index in [2.05, 4.69) is 4.72 Å². The minimum absolute atomic E-state index is 0.208. The van der Waals surface area contributed by atoms with Crippen LogP contribution in [0.25, 0.3) is 0 Å². The number of aryl methyl sites for hydroxylation is 3. The minimum atomic E-state index is -3.82. The topological polar surface area (TPSA) is 55.4 Å². The molecule has 0 amide bonds. The van der Waals surface area contributed by atoms with Crippen LogP contribution in [-0.4, -0.2) is 15.5 Å². The summed E-state index contributed by atoms with van der Waals surface area (Å²) in [5.74, 6) is 0.403. The Morgan fingerprint density at radius 3 is 2.20 bits per heavy atom. The third kappa shape index (κ3) is 4.13. The van der Waals surface area contributed by atoms with Crippen molar-refractivity contribution in [2.75, 3.05) is 7.11 Å². The van der Waals surface area contributed by atoms with Crippen molar-refractivity contribution in [2.45, 2.75) is 43.5 Å². The summed E-state index contributed by atoms with van der Waals surface area (Å²) in [6.45, 7) is 2.00. The largest absolute Gasteiger partial charge is 0.495 e. The molecule has 0 fully saturated rings. The molecule has 0 saturated carbocycles. The normalized spacial score (nSPS) is 14.7. The van der Waals surface area contributed by atoms with Crippen molar-refractivity contribution in [3.05, 3.63) is 94.5 Å². The quantitative estimate of drug-likeness (QED) is 0.613. The Kier molecular flexibility index (Phi) is 5.93. The molecule has 3 aromatic rings. The first-order chi connectivity index (χ1) is 14.5. The molecule has 0 heterocycles. The summed E-state index contributed by atoms with van der Waals surface area (Å²) in [4.78, 5) is 0.208. The highest BCUT2D eigenvalue weighted by atomic mass is 32.2. The van der Waals surface area contributed by atoms with Gasteiger partial charge in [-0.05, 0) is 72.6 Å². The van der Waals surface area contributed by atoms with E-state index in [0.29, 0.717) is 5.75 Å². The molecule has 0 spiro atoms. The smallest absolute Gasteiger partial charge is 0.245 e. The fraction of sp³-hybridized carbons (Fsp3) is 0.280. The van der Waals surface area contributed by atoms with Gasteiger partial charge in [0.25, 0.3) is 0 Å². The van der Waals surface area contributed by atoms with E-state index in [1.807, 2.05) is 67.6 Å². The van der Waals surface area contributed by atoms with Crippen LogP contribution in [-0.2, 0) is 22.9 Å². The maximum atomic E-state index is 13.6. The van der Waals surface area contributed by atoms with Crippen molar-refractivity contribution in [1.29, 1.82) is 0 Å². The summed E-state index contributed by atoms with van der Waals surface area (Å²) in [6.07, 6.45) is 4.09. The highest BCUT2D eigenvalue weighted by Crippen LogP contribution is 2.34. The molecule has 5 heteroatoms. The van der Waals surface area contributed by atoms with Crippen molar-refractivity contribution in [3.63, 3.8) is 0 Å². The summed E-state index contributed by atoms with van der Waals surface area (Å²) < 4.78 is 35.6. The number of sulfonamides is 1. The predicted octanol–water partition coefficient (Wildman–Crippen LogP) is 4.95. The van der Waals surface area contributed by atoms with Gasteiger partial charge in [-0.15, -0.1) is 0 Å². The zero-order valence-corrected chi connectivity index (χ0v) is 18.2. The summed E-state index contributed by atoms with van der Waals surface area (Å²) in [5, 5.41) is 0. The van der Waals surface area contributed by atoms with E-state index < -0.39 is 16.1 Å². The van der Waals surface area contributed by atoms with Gasteiger partial charge in [-0.2, -0.15) is 4.72 Å². The van der Waals surface area contributed by atoms with Crippen LogP contribution in [0.15, 0.2) is 71.6 Å². The Morgan fingerprint density at radius 1 is 0.900 bits per heavy atom. The Labute approximate surface area is 179 Å². The molecule has 0 bridgehead atoms. The molecule has 4 nitrogen and oxygen atoms in total. The maximum absolute atomic E-state index is 13.6. The van der Waals surface area contributed by atoms with Crippen LogP contribution in [0.2, 0.25) is 0 Å². The molecule has 30 heavy (non-hydrogen) atoms. The van der Waals surface area contributed by atoms with E-state index in [1.54, 1.807) is 6.07 Å². The van der Waals surface area contributed by atoms with E-state index in [4.69, 9.17) is 4.74 Å². The second kappa shape index (κ2) is 8.62. The molecule has 0 aromatic heterocycles. The second-order valence-electron chi connectivity index (χ2n) is 7.80. The molecule has 1 N–H and O–H groups in total. The first-order valence-electron chi connectivity index (χ1n) is 10.3. The Balaban J connectivity index is 1.79. The average molecular weight is 422 g/mol. The molecule has 1 aliphatic carbocycles. The molecule has 0 aliphatic heterocycles. The van der Waals surface area contributed by atoms with Gasteiger partial charge in [0.15, 0.2) is 0 Å². The number of methoxy groups -OCH3 is 1. The highest BCUT2D eigenvalue weighted by Gasteiger charge is 2.28. The molecule has 1 unspecified atom stereocenters. The van der Waals surface area contributed by atoms with Gasteiger partial charge >= 0.3 is 0 Å². The van der Waals surface area contributed by atoms with Gasteiger partial charge < -0.3 is 4.74 Å². The Bertz CT molecular complexity index is 1140. The van der Waals surface area contributed by atoms with Crippen molar-refractivity contribution >= 4 is 10.0 Å². The SMILES string of the molecule is COc1cc2c(cc1S(=O)(=O)NC(c1ccccc1)c1ccccc1C)CCCC2. The van der Waals surface area contributed by atoms with Crippen LogP contribution in [0.1, 0.15) is 46.7 Å². The monoisotopic (exact) mass is 421 g/mol. The molecule has 1 atom stereocenters. The fourth-order valence-electron chi connectivity index (χ4n) is 4.20. The zero-order valence-electron chi connectivity index (χ0n) is 17.4. The van der Waals surface area contributed by atoms with Crippen molar-refractivity contribution in [1.82, 2.24) is 4.72 Å². The number of rotatable bonds is 6. The highest BCUT2D eigenvalue weighted by molar-refractivity contribution is 7.89. The van der Waals surface area contributed by atoms with E-state index in [9.17, 15) is 8.42 Å². The van der Waals surface area contributed by atoms with Gasteiger partial charge in [-0.3, -0.25) is 0 Å². The number of hydrogen-bond acceptors (Lipinski definition) is 3. The van der Waals surface area contributed by atoms with E-state index in [1.165, 1.54) is 12.7 Å². The molecular formula is C25H27NO3S. The van der Waals surface area contributed by atoms with E-state index >= 15 is 0 Å². The lowest BCUT2D eigenvalue weighted by atomic mass is 9.92. The number of nitrogens with one attached hydrogen (secondary N) is 1. The van der Waals surface area contributed by atoms with Crippen LogP contribution in [0.3, 0.4) is 0 Å². The summed E-state index contributed by atoms with van der Waals surface area (Å²) >= 11 is 0. The number of hydrogen-bond donors (Lipinski definition) is 1. The third-order valence-electron chi connectivity index (χ3n) is 5.82. The van der Waals surface area contributed by atoms with Gasteiger partial charge in [-0.1, -0.05) is 54.6 Å². The number of ether oxygens (including phenoxy) is 1. The van der Waals surface area contributed by atoms with Crippen LogP contribution in [0.5, 0.6) is 5.75 Å². The first kappa shape index (κ1) is 20.6. The molecule has 0 radical (unpaired) electrons. The lowest BCUT2D eigenvalue weighted by Crippen LogP contribution is -2.30. The second-order valence-corrected chi connectivity index (χ2v) is 9.48. The van der Waals surface area contributed by atoms with Crippen LogP contribution in [0, 0.1) is 6.92 Å². The summed E-state index contributed by atoms with van der Waals surface area (Å²) in [5.41, 5.74) is 5.16. The van der Waals surface area contributed by atoms with Crippen LogP contribution in [0.4, 0.5) is 0 Å². The average Bonchev–Trinajstić information content (AvgIpc) is 2.77. The number of benzene rings is 3. The maximum Gasteiger partial charge on any atom is 0.245 e. The van der Waals surface area contributed by atoms with Gasteiger partial charge in [0, 0.05) is 0 Å². The molecule has 0 saturated heterocycles. The Hall–Kier alpha value is -2.63. The zero-order chi connectivity index (χ0) is 21.1. The molecular weight excluding hydrogens is 394 g/mol. The van der Waals surface area contributed by atoms with Crippen LogP contribution >= 0.6 is 0 Å². The summed E-state index contributed by atoms with van der Waals surface area (Å²) in [6, 6.07) is 20.8. The van der Waals surface area contributed by atoms with Crippen molar-refractivity contribution < 1.29 is 13.2 Å². The van der Waals surface area contributed by atoms with Gasteiger partial charge in [0.2, 0.25) is 10.0 Å². The van der Waals surface area contributed by atoms with Crippen molar-refractivity contribution in [2.24, 2.45) is 0 Å². The molecule has 3 aromatic carbocycles. The fourth-order valence-corrected chi connectivity index (χ4v) is 5.60. The lowest BCUT2D eigenvalue weighted by molar-refractivity contribution is 0.400. The molecule has 1 aliphatic rings. The predicted molar refractivity (Wildman–Crippen MR) is 119 cm³/mol. The van der Waals surface area contributed by atoms with Gasteiger partial charge in [-0.25, -0.2) is 8.42 Å².